The van der Waals surface area contributed by atoms with E-state index in [0.717, 1.165) is 18.4 Å². The molecule has 0 saturated carbocycles. The molecule has 1 fully saturated rings. The summed E-state index contributed by atoms with van der Waals surface area (Å²) in [5, 5.41) is 0. The highest BCUT2D eigenvalue weighted by molar-refractivity contribution is 5.82. The molecule has 1 aromatic carbocycles. The number of amides is 1. The topological polar surface area (TPSA) is 102 Å². The zero-order valence-corrected chi connectivity index (χ0v) is 19.2. The van der Waals surface area contributed by atoms with Crippen LogP contribution >= 0.6 is 0 Å². The number of nitrogens with two attached hydrogens (primary N) is 1. The highest BCUT2D eigenvalue weighted by Crippen LogP contribution is 2.18. The van der Waals surface area contributed by atoms with Crippen LogP contribution in [-0.4, -0.2) is 85.4 Å². The number of hydrogen-bond donors (Lipinski definition) is 1. The van der Waals surface area contributed by atoms with Gasteiger partial charge in [-0.15, -0.1) is 0 Å². The van der Waals surface area contributed by atoms with Gasteiger partial charge in [0, 0.05) is 32.7 Å². The van der Waals surface area contributed by atoms with Crippen LogP contribution in [-0.2, 0) is 36.8 Å². The first kappa shape index (κ1) is 29.4. The van der Waals surface area contributed by atoms with E-state index < -0.39 is 43.5 Å². The number of halogens is 6. The van der Waals surface area contributed by atoms with Gasteiger partial charge in [0.25, 0.3) is 0 Å². The van der Waals surface area contributed by atoms with Gasteiger partial charge in [0.15, 0.2) is 0 Å². The molecule has 36 heavy (non-hydrogen) atoms. The summed E-state index contributed by atoms with van der Waals surface area (Å²) in [5.41, 5.74) is 7.42. The van der Waals surface area contributed by atoms with Crippen molar-refractivity contribution in [2.24, 2.45) is 5.73 Å². The molecule has 1 amide bonds. The molecule has 0 bridgehead atoms. The lowest BCUT2D eigenvalue weighted by atomic mass is 10.0. The van der Waals surface area contributed by atoms with Crippen molar-refractivity contribution in [2.75, 3.05) is 39.4 Å². The Hall–Kier alpha value is -2.87. The monoisotopic (exact) mass is 527 g/mol. The van der Waals surface area contributed by atoms with Crippen LogP contribution in [0.2, 0.25) is 0 Å². The van der Waals surface area contributed by atoms with Crippen molar-refractivity contribution >= 4 is 17.8 Å². The fraction of sp³-hybridized carbons (Fsp3) is 0.591. The van der Waals surface area contributed by atoms with E-state index in [9.17, 15) is 40.7 Å². The van der Waals surface area contributed by atoms with Crippen LogP contribution in [0.5, 0.6) is 0 Å². The molecule has 1 unspecified atom stereocenters. The largest absolute Gasteiger partial charge is 0.490 e. The quantitative estimate of drug-likeness (QED) is 0.348. The Kier molecular flexibility index (Phi) is 10.5. The molecule has 1 aromatic rings. The molecule has 0 aliphatic carbocycles. The van der Waals surface area contributed by atoms with Gasteiger partial charge in [0.2, 0.25) is 5.91 Å². The molecule has 0 aromatic heterocycles. The lowest BCUT2D eigenvalue weighted by Gasteiger charge is -2.23. The fourth-order valence-corrected chi connectivity index (χ4v) is 3.52. The minimum Gasteiger partial charge on any atom is -0.458 e. The smallest absolute Gasteiger partial charge is 0.458 e. The summed E-state index contributed by atoms with van der Waals surface area (Å²) in [4.78, 5) is 37.2. The van der Waals surface area contributed by atoms with Crippen LogP contribution in [0, 0.1) is 0 Å². The second kappa shape index (κ2) is 12.9. The summed E-state index contributed by atoms with van der Waals surface area (Å²) in [5.74, 6) is -4.92. The molecule has 1 saturated heterocycles. The molecule has 2 rings (SSSR count). The second-order valence-corrected chi connectivity index (χ2v) is 8.20. The van der Waals surface area contributed by atoms with Crippen LogP contribution in [0.3, 0.4) is 0 Å². The van der Waals surface area contributed by atoms with Crippen LogP contribution in [0.4, 0.5) is 26.3 Å². The van der Waals surface area contributed by atoms with Gasteiger partial charge in [-0.05, 0) is 30.4 Å². The zero-order chi connectivity index (χ0) is 26.9. The number of carbonyl (C=O) groups is 3. The van der Waals surface area contributed by atoms with Crippen molar-refractivity contribution < 1.29 is 50.2 Å². The molecular formula is C22H27F6N3O5. The highest BCUT2D eigenvalue weighted by Gasteiger charge is 2.41. The maximum Gasteiger partial charge on any atom is 0.490 e. The minimum absolute atomic E-state index is 0.0478. The van der Waals surface area contributed by atoms with E-state index in [-0.39, 0.29) is 25.5 Å². The predicted molar refractivity (Wildman–Crippen MR) is 113 cm³/mol. The highest BCUT2D eigenvalue weighted by atomic mass is 19.4. The molecule has 0 radical (unpaired) electrons. The average Bonchev–Trinajstić information content (AvgIpc) is 3.33. The minimum atomic E-state index is -5.18. The maximum atomic E-state index is 12.4. The Bertz CT molecular complexity index is 854. The van der Waals surface area contributed by atoms with Crippen LogP contribution in [0.15, 0.2) is 24.3 Å². The first-order chi connectivity index (χ1) is 16.8. The van der Waals surface area contributed by atoms with Crippen molar-refractivity contribution in [1.29, 1.82) is 0 Å². The number of alkyl halides is 6. The summed E-state index contributed by atoms with van der Waals surface area (Å²) in [6, 6.07) is 6.03. The Balaban J connectivity index is 1.94. The van der Waals surface area contributed by atoms with Gasteiger partial charge in [0.05, 0.1) is 6.04 Å². The fourth-order valence-electron chi connectivity index (χ4n) is 3.52. The number of ether oxygens (including phenoxy) is 2. The van der Waals surface area contributed by atoms with E-state index in [0.29, 0.717) is 25.1 Å². The molecule has 0 spiro atoms. The Labute approximate surface area is 203 Å². The number of likely N-dealkylation sites (tertiary alicyclic amines) is 1. The van der Waals surface area contributed by atoms with Gasteiger partial charge in [-0.1, -0.05) is 24.3 Å². The molecule has 1 aliphatic heterocycles. The molecule has 1 heterocycles. The summed E-state index contributed by atoms with van der Waals surface area (Å²) < 4.78 is 82.1. The van der Waals surface area contributed by atoms with E-state index in [1.165, 1.54) is 4.90 Å². The van der Waals surface area contributed by atoms with Crippen LogP contribution in [0.1, 0.15) is 24.0 Å². The maximum absolute atomic E-state index is 12.4. The van der Waals surface area contributed by atoms with Crippen molar-refractivity contribution in [3.8, 4) is 0 Å². The number of benzene rings is 1. The normalized spacial score (nSPS) is 15.2. The average molecular weight is 527 g/mol. The second-order valence-electron chi connectivity index (χ2n) is 8.20. The number of rotatable bonds is 11. The molecule has 8 nitrogen and oxygen atoms in total. The van der Waals surface area contributed by atoms with Crippen LogP contribution < -0.4 is 5.73 Å². The molecule has 202 valence electrons. The summed E-state index contributed by atoms with van der Waals surface area (Å²) in [6.07, 6.45) is -8.19. The standard InChI is InChI=1S/C22H27F6N3O5/c23-21(24,25)19(33)35-11-9-30(10-12-36-20(34)22(26,27)28)14-16-5-3-15(4-6-16)13-17(29)18(32)31-7-1-2-8-31/h3-6,17H,1-2,7-14,29H2. The first-order valence-corrected chi connectivity index (χ1v) is 11.1. The van der Waals surface area contributed by atoms with Crippen molar-refractivity contribution in [2.45, 2.75) is 44.2 Å². The van der Waals surface area contributed by atoms with Crippen molar-refractivity contribution in [1.82, 2.24) is 9.80 Å². The predicted octanol–water partition coefficient (Wildman–Crippen LogP) is 2.19. The van der Waals surface area contributed by atoms with E-state index in [4.69, 9.17) is 5.73 Å². The summed E-state index contributed by atoms with van der Waals surface area (Å²) in [6.45, 7) is -0.485. The van der Waals surface area contributed by atoms with Crippen molar-refractivity contribution in [3.05, 3.63) is 35.4 Å². The van der Waals surface area contributed by atoms with E-state index >= 15 is 0 Å². The lowest BCUT2D eigenvalue weighted by molar-refractivity contribution is -0.201. The third-order valence-corrected chi connectivity index (χ3v) is 5.36. The van der Waals surface area contributed by atoms with Crippen molar-refractivity contribution in [3.63, 3.8) is 0 Å². The molecule has 1 aliphatic rings. The number of nitrogens with zero attached hydrogens (tertiary/aromatic N) is 2. The van der Waals surface area contributed by atoms with Gasteiger partial charge in [0.1, 0.15) is 13.2 Å². The third kappa shape index (κ3) is 9.64. The van der Waals surface area contributed by atoms with Gasteiger partial charge < -0.3 is 20.1 Å². The SMILES string of the molecule is NC(Cc1ccc(CN(CCOC(=O)C(F)(F)F)CCOC(=O)C(F)(F)F)cc1)C(=O)N1CCCC1. The van der Waals surface area contributed by atoms with E-state index in [1.807, 2.05) is 0 Å². The van der Waals surface area contributed by atoms with E-state index in [1.54, 1.807) is 29.2 Å². The Morgan fingerprint density at radius 2 is 1.31 bits per heavy atom. The number of carbonyl (C=O) groups excluding carboxylic acids is 3. The number of esters is 2. The Morgan fingerprint density at radius 3 is 1.75 bits per heavy atom. The van der Waals surface area contributed by atoms with Gasteiger partial charge in [-0.3, -0.25) is 9.69 Å². The molecule has 14 heteroatoms. The van der Waals surface area contributed by atoms with Gasteiger partial charge >= 0.3 is 24.3 Å². The molecule has 1 atom stereocenters. The van der Waals surface area contributed by atoms with E-state index in [2.05, 4.69) is 9.47 Å². The third-order valence-electron chi connectivity index (χ3n) is 5.36. The van der Waals surface area contributed by atoms with Crippen LogP contribution in [0.25, 0.3) is 0 Å². The van der Waals surface area contributed by atoms with Gasteiger partial charge in [-0.2, -0.15) is 26.3 Å². The zero-order valence-electron chi connectivity index (χ0n) is 19.2. The molecule has 2 N–H and O–H groups in total. The Morgan fingerprint density at radius 1 is 0.861 bits per heavy atom. The summed E-state index contributed by atoms with van der Waals surface area (Å²) >= 11 is 0. The number of hydrogen-bond acceptors (Lipinski definition) is 7. The first-order valence-electron chi connectivity index (χ1n) is 11.1. The summed E-state index contributed by atoms with van der Waals surface area (Å²) in [7, 11) is 0. The lowest BCUT2D eigenvalue weighted by Crippen LogP contribution is -2.43. The molecular weight excluding hydrogens is 500 g/mol. The van der Waals surface area contributed by atoms with Gasteiger partial charge in [-0.25, -0.2) is 9.59 Å².